The predicted octanol–water partition coefficient (Wildman–Crippen LogP) is 4.29. The van der Waals surface area contributed by atoms with Crippen molar-refractivity contribution in [2.75, 3.05) is 0 Å². The summed E-state index contributed by atoms with van der Waals surface area (Å²) in [4.78, 5) is 0. The van der Waals surface area contributed by atoms with Crippen LogP contribution in [0.25, 0.3) is 0 Å². The lowest BCUT2D eigenvalue weighted by Gasteiger charge is -2.33. The minimum atomic E-state index is -0.525. The summed E-state index contributed by atoms with van der Waals surface area (Å²) in [5.74, 6) is 1.10. The molecule has 0 aromatic heterocycles. The van der Waals surface area contributed by atoms with Gasteiger partial charge < -0.3 is 5.11 Å². The molecule has 2 atom stereocenters. The molecule has 1 aliphatic carbocycles. The number of hydrogen-bond acceptors (Lipinski definition) is 1. The molecule has 1 aliphatic rings. The van der Waals surface area contributed by atoms with Crippen molar-refractivity contribution in [3.05, 3.63) is 35.4 Å². The molecule has 0 amide bonds. The molecule has 100 valence electrons. The molecule has 0 aliphatic heterocycles. The van der Waals surface area contributed by atoms with Gasteiger partial charge in [-0.1, -0.05) is 38.1 Å². The van der Waals surface area contributed by atoms with Crippen LogP contribution in [0.15, 0.2) is 24.3 Å². The van der Waals surface area contributed by atoms with Gasteiger partial charge in [0.25, 0.3) is 0 Å². The van der Waals surface area contributed by atoms with Gasteiger partial charge in [0, 0.05) is 0 Å². The highest BCUT2D eigenvalue weighted by molar-refractivity contribution is 5.32. The molecule has 0 spiro atoms. The van der Waals surface area contributed by atoms with Crippen LogP contribution in [0.4, 0.5) is 0 Å². The van der Waals surface area contributed by atoms with E-state index in [1.807, 2.05) is 6.92 Å². The van der Waals surface area contributed by atoms with Gasteiger partial charge in [-0.15, -0.1) is 0 Å². The van der Waals surface area contributed by atoms with E-state index in [1.54, 1.807) is 0 Å². The molecule has 0 bridgehead atoms. The van der Waals surface area contributed by atoms with Crippen molar-refractivity contribution in [2.45, 2.75) is 64.4 Å². The van der Waals surface area contributed by atoms with Crippen LogP contribution in [0, 0.1) is 5.92 Å². The molecule has 0 saturated carbocycles. The van der Waals surface area contributed by atoms with Gasteiger partial charge in [-0.25, -0.2) is 0 Å². The maximum Gasteiger partial charge on any atom is 0.0628 e. The van der Waals surface area contributed by atoms with Crippen LogP contribution in [0.2, 0.25) is 0 Å². The summed E-state index contributed by atoms with van der Waals surface area (Å²) in [7, 11) is 0. The van der Waals surface area contributed by atoms with Crippen molar-refractivity contribution in [3.63, 3.8) is 0 Å². The minimum absolute atomic E-state index is 0.525. The Morgan fingerprint density at radius 1 is 1.33 bits per heavy atom. The quantitative estimate of drug-likeness (QED) is 0.840. The number of aryl methyl sites for hydroxylation is 1. The van der Waals surface area contributed by atoms with Crippen LogP contribution < -0.4 is 0 Å². The van der Waals surface area contributed by atoms with Crippen molar-refractivity contribution in [3.8, 4) is 0 Å². The maximum atomic E-state index is 10.6. The first kappa shape index (κ1) is 13.6. The van der Waals surface area contributed by atoms with Crippen LogP contribution in [-0.4, -0.2) is 10.7 Å². The molecule has 1 N–H and O–H groups in total. The second-order valence-corrected chi connectivity index (χ2v) is 6.59. The number of benzene rings is 1. The van der Waals surface area contributed by atoms with Gasteiger partial charge in [0.1, 0.15) is 0 Å². The Hall–Kier alpha value is -0.820. The van der Waals surface area contributed by atoms with Crippen molar-refractivity contribution in [1.29, 1.82) is 0 Å². The fourth-order valence-corrected chi connectivity index (χ4v) is 3.56. The molecule has 2 unspecified atom stereocenters. The van der Waals surface area contributed by atoms with Crippen molar-refractivity contribution < 1.29 is 5.11 Å². The van der Waals surface area contributed by atoms with Gasteiger partial charge in [-0.2, -0.15) is 0 Å². The summed E-state index contributed by atoms with van der Waals surface area (Å²) >= 11 is 0. The molecule has 2 rings (SSSR count). The molecule has 0 saturated heterocycles. The lowest BCUT2D eigenvalue weighted by atomic mass is 9.75. The van der Waals surface area contributed by atoms with Crippen LogP contribution in [0.3, 0.4) is 0 Å². The van der Waals surface area contributed by atoms with E-state index >= 15 is 0 Å². The third kappa shape index (κ3) is 3.35. The van der Waals surface area contributed by atoms with E-state index in [2.05, 4.69) is 38.1 Å². The molecule has 1 heteroatoms. The van der Waals surface area contributed by atoms with Gasteiger partial charge in [-0.3, -0.25) is 0 Å². The van der Waals surface area contributed by atoms with E-state index in [4.69, 9.17) is 0 Å². The summed E-state index contributed by atoms with van der Waals surface area (Å²) in [6.07, 6.45) is 5.50. The summed E-state index contributed by atoms with van der Waals surface area (Å²) in [6, 6.07) is 8.77. The van der Waals surface area contributed by atoms with Crippen molar-refractivity contribution in [2.24, 2.45) is 5.92 Å². The first-order chi connectivity index (χ1) is 8.48. The van der Waals surface area contributed by atoms with E-state index in [0.29, 0.717) is 11.8 Å². The lowest BCUT2D eigenvalue weighted by Crippen LogP contribution is -2.30. The number of aliphatic hydroxyl groups is 1. The standard InChI is InChI=1S/C17H26O/c1-13(2)11-17(3,18)12-15-9-6-8-14-7-4-5-10-16(14)15/h4-5,7,10,13,15,18H,6,8-9,11-12H2,1-3H3. The van der Waals surface area contributed by atoms with Gasteiger partial charge in [-0.05, 0) is 62.0 Å². The Labute approximate surface area is 111 Å². The first-order valence-corrected chi connectivity index (χ1v) is 7.28. The van der Waals surface area contributed by atoms with E-state index in [-0.39, 0.29) is 0 Å². The SMILES string of the molecule is CC(C)CC(C)(O)CC1CCCc2ccccc21. The predicted molar refractivity (Wildman–Crippen MR) is 76.8 cm³/mol. The summed E-state index contributed by atoms with van der Waals surface area (Å²) < 4.78 is 0. The van der Waals surface area contributed by atoms with E-state index in [9.17, 15) is 5.11 Å². The van der Waals surface area contributed by atoms with Crippen molar-refractivity contribution in [1.82, 2.24) is 0 Å². The second-order valence-electron chi connectivity index (χ2n) is 6.59. The van der Waals surface area contributed by atoms with Gasteiger partial charge in [0.15, 0.2) is 0 Å². The zero-order chi connectivity index (χ0) is 13.2. The highest BCUT2D eigenvalue weighted by Gasteiger charge is 2.29. The molecule has 1 aromatic carbocycles. The molecule has 18 heavy (non-hydrogen) atoms. The van der Waals surface area contributed by atoms with Gasteiger partial charge in [0.05, 0.1) is 5.60 Å². The first-order valence-electron chi connectivity index (χ1n) is 7.28. The third-order valence-corrected chi connectivity index (χ3v) is 4.03. The average molecular weight is 246 g/mol. The van der Waals surface area contributed by atoms with Crippen molar-refractivity contribution >= 4 is 0 Å². The third-order valence-electron chi connectivity index (χ3n) is 4.03. The molecular weight excluding hydrogens is 220 g/mol. The fraction of sp³-hybridized carbons (Fsp3) is 0.647. The number of hydrogen-bond donors (Lipinski definition) is 1. The Kier molecular flexibility index (Phi) is 4.11. The van der Waals surface area contributed by atoms with Crippen LogP contribution in [0.5, 0.6) is 0 Å². The molecule has 0 radical (unpaired) electrons. The Bertz CT molecular complexity index is 392. The largest absolute Gasteiger partial charge is 0.390 e. The second kappa shape index (κ2) is 5.44. The normalized spacial score (nSPS) is 22.6. The van der Waals surface area contributed by atoms with Crippen LogP contribution in [0.1, 0.15) is 63.5 Å². The van der Waals surface area contributed by atoms with E-state index in [0.717, 1.165) is 12.8 Å². The molecule has 1 nitrogen and oxygen atoms in total. The molecule has 0 heterocycles. The van der Waals surface area contributed by atoms with Crippen LogP contribution in [-0.2, 0) is 6.42 Å². The maximum absolute atomic E-state index is 10.6. The minimum Gasteiger partial charge on any atom is -0.390 e. The fourth-order valence-electron chi connectivity index (χ4n) is 3.56. The summed E-state index contributed by atoms with van der Waals surface area (Å²) in [5, 5.41) is 10.6. The number of rotatable bonds is 4. The highest BCUT2D eigenvalue weighted by Crippen LogP contribution is 2.38. The smallest absolute Gasteiger partial charge is 0.0628 e. The van der Waals surface area contributed by atoms with E-state index < -0.39 is 5.60 Å². The van der Waals surface area contributed by atoms with E-state index in [1.165, 1.54) is 30.4 Å². The molecule has 1 aromatic rings. The Morgan fingerprint density at radius 3 is 2.78 bits per heavy atom. The van der Waals surface area contributed by atoms with Gasteiger partial charge in [0.2, 0.25) is 0 Å². The zero-order valence-corrected chi connectivity index (χ0v) is 11.9. The zero-order valence-electron chi connectivity index (χ0n) is 11.9. The van der Waals surface area contributed by atoms with Gasteiger partial charge >= 0.3 is 0 Å². The Balaban J connectivity index is 2.11. The highest BCUT2D eigenvalue weighted by atomic mass is 16.3. The molecule has 0 fully saturated rings. The topological polar surface area (TPSA) is 20.2 Å². The number of fused-ring (bicyclic) bond motifs is 1. The summed E-state index contributed by atoms with van der Waals surface area (Å²) in [5.41, 5.74) is 2.45. The Morgan fingerprint density at radius 2 is 2.06 bits per heavy atom. The molecular formula is C17H26O. The monoisotopic (exact) mass is 246 g/mol. The average Bonchev–Trinajstić information content (AvgIpc) is 2.27. The van der Waals surface area contributed by atoms with Crippen LogP contribution >= 0.6 is 0 Å². The summed E-state index contributed by atoms with van der Waals surface area (Å²) in [6.45, 7) is 6.37. The lowest BCUT2D eigenvalue weighted by molar-refractivity contribution is 0.0215.